The average molecular weight is 703 g/mol. The van der Waals surface area contributed by atoms with Gasteiger partial charge in [-0.1, -0.05) is 154 Å². The monoisotopic (exact) mass is 703 g/mol. The minimum absolute atomic E-state index is 0.813. The summed E-state index contributed by atoms with van der Waals surface area (Å²) in [7, 11) is 0. The number of rotatable bonds is 43. The van der Waals surface area contributed by atoms with Crippen LogP contribution in [0.2, 0.25) is 0 Å². The molecule has 0 aliphatic carbocycles. The molecule has 0 aliphatic rings. The van der Waals surface area contributed by atoms with Gasteiger partial charge in [0, 0.05) is 0 Å². The molecule has 0 amide bonds. The zero-order valence-corrected chi connectivity index (χ0v) is 34.6. The van der Waals surface area contributed by atoms with Crippen LogP contribution in [-0.2, 0) is 0 Å². The number of hydrogen-bond acceptors (Lipinski definition) is 4. The van der Waals surface area contributed by atoms with Gasteiger partial charge in [0.25, 0.3) is 0 Å². The van der Waals surface area contributed by atoms with Crippen molar-refractivity contribution in [3.8, 4) is 0 Å². The van der Waals surface area contributed by atoms with E-state index in [1.165, 1.54) is 232 Å². The fourth-order valence-corrected chi connectivity index (χ4v) is 7.14. The van der Waals surface area contributed by atoms with Crippen molar-refractivity contribution in [3.05, 3.63) is 24.3 Å². The molecule has 0 atom stereocenters. The zero-order valence-electron chi connectivity index (χ0n) is 34.6. The quantitative estimate of drug-likeness (QED) is 0.0490. The summed E-state index contributed by atoms with van der Waals surface area (Å²) < 4.78 is 0. The Morgan fingerprint density at radius 1 is 0.280 bits per heavy atom. The van der Waals surface area contributed by atoms with Gasteiger partial charge in [-0.15, -0.1) is 0 Å². The van der Waals surface area contributed by atoms with Gasteiger partial charge in [-0.2, -0.15) is 0 Å². The van der Waals surface area contributed by atoms with Crippen molar-refractivity contribution in [3.63, 3.8) is 0 Å². The van der Waals surface area contributed by atoms with Crippen molar-refractivity contribution in [2.24, 2.45) is 11.5 Å². The van der Waals surface area contributed by atoms with Crippen LogP contribution in [0, 0.1) is 0 Å². The topological polar surface area (TPSA) is 58.5 Å². The summed E-state index contributed by atoms with van der Waals surface area (Å²) in [6.07, 6.45) is 53.2. The molecule has 50 heavy (non-hydrogen) atoms. The van der Waals surface area contributed by atoms with E-state index in [0.29, 0.717) is 0 Å². The third-order valence-electron chi connectivity index (χ3n) is 10.5. The van der Waals surface area contributed by atoms with Crippen LogP contribution >= 0.6 is 0 Å². The van der Waals surface area contributed by atoms with Crippen LogP contribution in [0.5, 0.6) is 0 Å². The van der Waals surface area contributed by atoms with Crippen molar-refractivity contribution in [2.75, 3.05) is 52.4 Å². The molecule has 0 fully saturated rings. The average Bonchev–Trinajstić information content (AvgIpc) is 3.13. The Morgan fingerprint density at radius 3 is 0.780 bits per heavy atom. The standard InChI is InChI=1S/C46H94N4/c1-3-5-7-9-11-13-15-17-19-21-23-25-27-29-31-33-41-49(45-37-39-47)43-35-36-44-50(46-38-40-48)42-34-32-30-28-26-24-22-20-18-16-14-12-10-8-6-4-2/h17-20H,3-16,21-48H2,1-2H3/b19-17+,20-18+. The molecular formula is C46H94N4. The highest BCUT2D eigenvalue weighted by molar-refractivity contribution is 4.82. The summed E-state index contributed by atoms with van der Waals surface area (Å²) in [6, 6.07) is 0. The molecule has 0 rings (SSSR count). The van der Waals surface area contributed by atoms with E-state index in [1.54, 1.807) is 0 Å². The molecule has 0 aliphatic heterocycles. The lowest BCUT2D eigenvalue weighted by atomic mass is 10.1. The van der Waals surface area contributed by atoms with Gasteiger partial charge < -0.3 is 21.3 Å². The van der Waals surface area contributed by atoms with Crippen LogP contribution < -0.4 is 11.5 Å². The number of unbranched alkanes of at least 4 members (excludes halogenated alkanes) is 25. The first kappa shape index (κ1) is 49.3. The van der Waals surface area contributed by atoms with E-state index in [1.807, 2.05) is 0 Å². The van der Waals surface area contributed by atoms with Crippen LogP contribution in [0.4, 0.5) is 0 Å². The molecule has 4 nitrogen and oxygen atoms in total. The van der Waals surface area contributed by atoms with Gasteiger partial charge in [0.15, 0.2) is 0 Å². The van der Waals surface area contributed by atoms with Crippen LogP contribution in [0.25, 0.3) is 0 Å². The highest BCUT2D eigenvalue weighted by Crippen LogP contribution is 2.13. The first-order chi connectivity index (χ1) is 24.8. The second kappa shape index (κ2) is 44.5. The molecule has 0 radical (unpaired) electrons. The summed E-state index contributed by atoms with van der Waals surface area (Å²) in [5, 5.41) is 0. The van der Waals surface area contributed by atoms with Crippen LogP contribution in [0.15, 0.2) is 24.3 Å². The third kappa shape index (κ3) is 40.1. The van der Waals surface area contributed by atoms with Crippen molar-refractivity contribution in [2.45, 2.75) is 219 Å². The molecule has 0 bridgehead atoms. The molecule has 0 heterocycles. The predicted molar refractivity (Wildman–Crippen MR) is 228 cm³/mol. The number of allylic oxidation sites excluding steroid dienone is 4. The highest BCUT2D eigenvalue weighted by atomic mass is 15.1. The zero-order chi connectivity index (χ0) is 36.3. The smallest absolute Gasteiger partial charge is 0.000672 e. The Bertz CT molecular complexity index is 607. The Balaban J connectivity index is 3.88. The SMILES string of the molecule is CCCCCCCC/C=C/CCCCCCCCN(CCCN)CCCCN(CCCN)CCCCCCCC/C=C/CCCCCCCC. The summed E-state index contributed by atoms with van der Waals surface area (Å²) in [5.41, 5.74) is 11.8. The maximum absolute atomic E-state index is 5.89. The minimum atomic E-state index is 0.813. The van der Waals surface area contributed by atoms with Crippen LogP contribution in [0.1, 0.15) is 219 Å². The van der Waals surface area contributed by atoms with Crippen molar-refractivity contribution in [1.29, 1.82) is 0 Å². The second-order valence-electron chi connectivity index (χ2n) is 15.6. The number of nitrogens with zero attached hydrogens (tertiary/aromatic N) is 2. The molecule has 0 aromatic rings. The lowest BCUT2D eigenvalue weighted by Crippen LogP contribution is -2.31. The van der Waals surface area contributed by atoms with E-state index in [2.05, 4.69) is 48.0 Å². The number of nitrogens with two attached hydrogens (primary N) is 2. The van der Waals surface area contributed by atoms with Crippen LogP contribution in [-0.4, -0.2) is 62.2 Å². The van der Waals surface area contributed by atoms with Gasteiger partial charge in [0.05, 0.1) is 0 Å². The molecule has 4 heteroatoms. The van der Waals surface area contributed by atoms with Gasteiger partial charge >= 0.3 is 0 Å². The first-order valence-corrected chi connectivity index (χ1v) is 22.9. The third-order valence-corrected chi connectivity index (χ3v) is 10.5. The van der Waals surface area contributed by atoms with Gasteiger partial charge in [-0.05, 0) is 142 Å². The van der Waals surface area contributed by atoms with Crippen molar-refractivity contribution in [1.82, 2.24) is 9.80 Å². The normalized spacial score (nSPS) is 12.2. The molecule has 0 aromatic heterocycles. The molecule has 0 saturated heterocycles. The first-order valence-electron chi connectivity index (χ1n) is 22.9. The van der Waals surface area contributed by atoms with E-state index in [4.69, 9.17) is 11.5 Å². The second-order valence-corrected chi connectivity index (χ2v) is 15.6. The molecular weight excluding hydrogens is 609 g/mol. The summed E-state index contributed by atoms with van der Waals surface area (Å²) in [6.45, 7) is 13.6. The molecule has 298 valence electrons. The maximum Gasteiger partial charge on any atom is -0.000672 e. The van der Waals surface area contributed by atoms with Crippen molar-refractivity contribution >= 4 is 0 Å². The lowest BCUT2D eigenvalue weighted by Gasteiger charge is -2.24. The minimum Gasteiger partial charge on any atom is -0.330 e. The summed E-state index contributed by atoms with van der Waals surface area (Å²) >= 11 is 0. The Labute approximate surface area is 316 Å². The lowest BCUT2D eigenvalue weighted by molar-refractivity contribution is 0.233. The fraction of sp³-hybridized carbons (Fsp3) is 0.913. The Kier molecular flexibility index (Phi) is 43.9. The molecule has 0 spiro atoms. The molecule has 0 unspecified atom stereocenters. The van der Waals surface area contributed by atoms with E-state index in [-0.39, 0.29) is 0 Å². The fourth-order valence-electron chi connectivity index (χ4n) is 7.14. The van der Waals surface area contributed by atoms with Gasteiger partial charge in [0.2, 0.25) is 0 Å². The van der Waals surface area contributed by atoms with E-state index in [0.717, 1.165) is 25.9 Å². The van der Waals surface area contributed by atoms with Gasteiger partial charge in [0.1, 0.15) is 0 Å². The molecule has 4 N–H and O–H groups in total. The molecule has 0 aromatic carbocycles. The van der Waals surface area contributed by atoms with Gasteiger partial charge in [-0.3, -0.25) is 0 Å². The Hall–Kier alpha value is -0.680. The predicted octanol–water partition coefficient (Wildman–Crippen LogP) is 13.1. The van der Waals surface area contributed by atoms with Crippen molar-refractivity contribution < 1.29 is 0 Å². The number of hydrogen-bond donors (Lipinski definition) is 2. The van der Waals surface area contributed by atoms with E-state index < -0.39 is 0 Å². The van der Waals surface area contributed by atoms with Crippen LogP contribution in [0.3, 0.4) is 0 Å². The van der Waals surface area contributed by atoms with E-state index >= 15 is 0 Å². The largest absolute Gasteiger partial charge is 0.330 e. The summed E-state index contributed by atoms with van der Waals surface area (Å²) in [4.78, 5) is 5.41. The van der Waals surface area contributed by atoms with Gasteiger partial charge in [-0.25, -0.2) is 0 Å². The maximum atomic E-state index is 5.89. The molecule has 0 saturated carbocycles. The van der Waals surface area contributed by atoms with E-state index in [9.17, 15) is 0 Å². The Morgan fingerprint density at radius 2 is 0.500 bits per heavy atom. The summed E-state index contributed by atoms with van der Waals surface area (Å²) in [5.74, 6) is 0. The highest BCUT2D eigenvalue weighted by Gasteiger charge is 2.07.